The Morgan fingerprint density at radius 3 is 2.82 bits per heavy atom. The van der Waals surface area contributed by atoms with Gasteiger partial charge in [-0.2, -0.15) is 0 Å². The second kappa shape index (κ2) is 9.33. The van der Waals surface area contributed by atoms with Crippen LogP contribution < -0.4 is 5.32 Å². The number of unbranched alkanes of at least 4 members (excludes halogenated alkanes) is 1. The first-order chi connectivity index (χ1) is 10.3. The van der Waals surface area contributed by atoms with Gasteiger partial charge in [0, 0.05) is 19.2 Å². The highest BCUT2D eigenvalue weighted by molar-refractivity contribution is 5.68. The summed E-state index contributed by atoms with van der Waals surface area (Å²) in [6.45, 7) is 10.6. The van der Waals surface area contributed by atoms with Gasteiger partial charge in [-0.25, -0.2) is 4.79 Å². The minimum Gasteiger partial charge on any atom is -0.444 e. The van der Waals surface area contributed by atoms with Crippen molar-refractivity contribution in [3.8, 4) is 0 Å². The van der Waals surface area contributed by atoms with Crippen LogP contribution in [0, 0.1) is 0 Å². The standard InChI is InChI=1S/C16H32N2O4/c1-13(17-7-5-6-9-19)11-14-12-21-10-8-18(14)15(20)22-16(2,3)4/h13-14,17,19H,5-12H2,1-4H3. The van der Waals surface area contributed by atoms with Crippen LogP contribution in [-0.4, -0.2) is 66.7 Å². The van der Waals surface area contributed by atoms with Gasteiger partial charge in [-0.15, -0.1) is 0 Å². The van der Waals surface area contributed by atoms with Gasteiger partial charge in [-0.05, 0) is 53.5 Å². The molecule has 6 heteroatoms. The number of carbonyl (C=O) groups is 1. The monoisotopic (exact) mass is 316 g/mol. The molecular formula is C16H32N2O4. The van der Waals surface area contributed by atoms with E-state index in [1.807, 2.05) is 20.8 Å². The minimum absolute atomic E-state index is 0.0453. The quantitative estimate of drug-likeness (QED) is 0.700. The summed E-state index contributed by atoms with van der Waals surface area (Å²) < 4.78 is 11.0. The maximum atomic E-state index is 12.3. The third kappa shape index (κ3) is 7.42. The van der Waals surface area contributed by atoms with E-state index in [1.165, 1.54) is 0 Å². The molecule has 22 heavy (non-hydrogen) atoms. The topological polar surface area (TPSA) is 71.0 Å². The van der Waals surface area contributed by atoms with Crippen molar-refractivity contribution in [2.75, 3.05) is 32.9 Å². The number of amides is 1. The van der Waals surface area contributed by atoms with Crippen molar-refractivity contribution in [3.05, 3.63) is 0 Å². The average Bonchev–Trinajstić information content (AvgIpc) is 2.42. The average molecular weight is 316 g/mol. The lowest BCUT2D eigenvalue weighted by molar-refractivity contribution is -0.0355. The number of aliphatic hydroxyl groups is 1. The molecule has 1 saturated heterocycles. The van der Waals surface area contributed by atoms with Crippen molar-refractivity contribution in [3.63, 3.8) is 0 Å². The molecule has 2 unspecified atom stereocenters. The van der Waals surface area contributed by atoms with E-state index >= 15 is 0 Å². The van der Waals surface area contributed by atoms with Crippen molar-refractivity contribution >= 4 is 6.09 Å². The molecule has 0 aromatic rings. The Kier molecular flexibility index (Phi) is 8.14. The lowest BCUT2D eigenvalue weighted by atomic mass is 10.1. The Labute approximate surface area is 134 Å². The zero-order valence-corrected chi connectivity index (χ0v) is 14.4. The largest absolute Gasteiger partial charge is 0.444 e. The molecule has 1 heterocycles. The second-order valence-electron chi connectivity index (χ2n) is 6.92. The Morgan fingerprint density at radius 2 is 2.18 bits per heavy atom. The lowest BCUT2D eigenvalue weighted by Crippen LogP contribution is -2.52. The number of nitrogens with zero attached hydrogens (tertiary/aromatic N) is 1. The Balaban J connectivity index is 2.45. The molecular weight excluding hydrogens is 284 g/mol. The smallest absolute Gasteiger partial charge is 0.410 e. The van der Waals surface area contributed by atoms with Crippen molar-refractivity contribution in [1.82, 2.24) is 10.2 Å². The molecule has 6 nitrogen and oxygen atoms in total. The zero-order valence-electron chi connectivity index (χ0n) is 14.4. The van der Waals surface area contributed by atoms with Gasteiger partial charge >= 0.3 is 6.09 Å². The Bertz CT molecular complexity index is 331. The van der Waals surface area contributed by atoms with Crippen molar-refractivity contribution in [2.24, 2.45) is 0 Å². The number of carbonyl (C=O) groups excluding carboxylic acids is 1. The van der Waals surface area contributed by atoms with Crippen LogP contribution in [0.15, 0.2) is 0 Å². The van der Waals surface area contributed by atoms with Crippen LogP contribution in [0.25, 0.3) is 0 Å². The van der Waals surface area contributed by atoms with E-state index in [4.69, 9.17) is 14.6 Å². The van der Waals surface area contributed by atoms with Crippen LogP contribution in [0.2, 0.25) is 0 Å². The fourth-order valence-electron chi connectivity index (χ4n) is 2.49. The summed E-state index contributed by atoms with van der Waals surface area (Å²) in [5.74, 6) is 0. The van der Waals surface area contributed by atoms with E-state index in [0.717, 1.165) is 25.8 Å². The molecule has 130 valence electrons. The van der Waals surface area contributed by atoms with Crippen molar-refractivity contribution in [2.45, 2.75) is 64.6 Å². The van der Waals surface area contributed by atoms with Crippen molar-refractivity contribution in [1.29, 1.82) is 0 Å². The van der Waals surface area contributed by atoms with Gasteiger partial charge in [0.1, 0.15) is 5.60 Å². The fraction of sp³-hybridized carbons (Fsp3) is 0.938. The first-order valence-electron chi connectivity index (χ1n) is 8.25. The normalized spacial score (nSPS) is 20.8. The first-order valence-corrected chi connectivity index (χ1v) is 8.25. The van der Waals surface area contributed by atoms with Gasteiger partial charge in [-0.3, -0.25) is 0 Å². The summed E-state index contributed by atoms with van der Waals surface area (Å²) in [5.41, 5.74) is -0.478. The molecule has 0 bridgehead atoms. The molecule has 0 aliphatic carbocycles. The van der Waals surface area contributed by atoms with Crippen LogP contribution in [0.3, 0.4) is 0 Å². The third-order valence-electron chi connectivity index (χ3n) is 3.56. The maximum Gasteiger partial charge on any atom is 0.410 e. The lowest BCUT2D eigenvalue weighted by Gasteiger charge is -2.37. The second-order valence-corrected chi connectivity index (χ2v) is 6.92. The predicted octanol–water partition coefficient (Wildman–Crippen LogP) is 1.76. The number of nitrogens with one attached hydrogen (secondary N) is 1. The third-order valence-corrected chi connectivity index (χ3v) is 3.56. The van der Waals surface area contributed by atoms with E-state index in [9.17, 15) is 4.79 Å². The molecule has 1 rings (SSSR count). The van der Waals surface area contributed by atoms with Gasteiger partial charge in [0.15, 0.2) is 0 Å². The molecule has 1 amide bonds. The summed E-state index contributed by atoms with van der Waals surface area (Å²) in [5, 5.41) is 12.2. The highest BCUT2D eigenvalue weighted by Crippen LogP contribution is 2.17. The van der Waals surface area contributed by atoms with Gasteiger partial charge in [0.25, 0.3) is 0 Å². The number of rotatable bonds is 7. The highest BCUT2D eigenvalue weighted by atomic mass is 16.6. The number of hydrogen-bond donors (Lipinski definition) is 2. The molecule has 2 N–H and O–H groups in total. The maximum absolute atomic E-state index is 12.3. The van der Waals surface area contributed by atoms with Crippen LogP contribution >= 0.6 is 0 Å². The minimum atomic E-state index is -0.478. The number of ether oxygens (including phenoxy) is 2. The summed E-state index contributed by atoms with van der Waals surface area (Å²) in [4.78, 5) is 14.1. The van der Waals surface area contributed by atoms with Gasteiger partial charge in [-0.1, -0.05) is 0 Å². The zero-order chi connectivity index (χ0) is 16.6. The van der Waals surface area contributed by atoms with Gasteiger partial charge in [0.05, 0.1) is 19.3 Å². The molecule has 1 aliphatic heterocycles. The summed E-state index contributed by atoms with van der Waals surface area (Å²) in [7, 11) is 0. The molecule has 1 fully saturated rings. The molecule has 0 radical (unpaired) electrons. The SMILES string of the molecule is CC(CC1COCCN1C(=O)OC(C)(C)C)NCCCCO. The first kappa shape index (κ1) is 19.2. The van der Waals surface area contributed by atoms with Crippen LogP contribution in [0.5, 0.6) is 0 Å². The van der Waals surface area contributed by atoms with E-state index in [2.05, 4.69) is 12.2 Å². The molecule has 0 aromatic carbocycles. The number of morpholine rings is 1. The van der Waals surface area contributed by atoms with Crippen LogP contribution in [0.4, 0.5) is 4.79 Å². The van der Waals surface area contributed by atoms with E-state index in [-0.39, 0.29) is 24.8 Å². The molecule has 0 aromatic heterocycles. The summed E-state index contributed by atoms with van der Waals surface area (Å²) in [6, 6.07) is 0.333. The van der Waals surface area contributed by atoms with E-state index in [1.54, 1.807) is 4.90 Å². The number of hydrogen-bond acceptors (Lipinski definition) is 5. The fourth-order valence-corrected chi connectivity index (χ4v) is 2.49. The Hall–Kier alpha value is -0.850. The summed E-state index contributed by atoms with van der Waals surface area (Å²) in [6.07, 6.45) is 2.35. The Morgan fingerprint density at radius 1 is 1.45 bits per heavy atom. The van der Waals surface area contributed by atoms with E-state index < -0.39 is 5.60 Å². The predicted molar refractivity (Wildman–Crippen MR) is 85.9 cm³/mol. The van der Waals surface area contributed by atoms with E-state index in [0.29, 0.717) is 19.8 Å². The summed E-state index contributed by atoms with van der Waals surface area (Å²) >= 11 is 0. The van der Waals surface area contributed by atoms with Gasteiger partial charge in [0.2, 0.25) is 0 Å². The van der Waals surface area contributed by atoms with Gasteiger partial charge < -0.3 is 24.8 Å². The molecule has 0 saturated carbocycles. The van der Waals surface area contributed by atoms with Crippen molar-refractivity contribution < 1.29 is 19.4 Å². The number of aliphatic hydroxyl groups excluding tert-OH is 1. The molecule has 2 atom stereocenters. The molecule has 1 aliphatic rings. The molecule has 0 spiro atoms. The highest BCUT2D eigenvalue weighted by Gasteiger charge is 2.31. The van der Waals surface area contributed by atoms with Crippen LogP contribution in [0.1, 0.15) is 47.0 Å². The van der Waals surface area contributed by atoms with Crippen LogP contribution in [-0.2, 0) is 9.47 Å².